The van der Waals surface area contributed by atoms with Gasteiger partial charge in [0.25, 0.3) is 0 Å². The van der Waals surface area contributed by atoms with Gasteiger partial charge in [-0.15, -0.1) is 0 Å². The van der Waals surface area contributed by atoms with Crippen molar-refractivity contribution in [2.45, 2.75) is 43.2 Å². The third-order valence-electron chi connectivity index (χ3n) is 5.73. The van der Waals surface area contributed by atoms with Crippen molar-refractivity contribution >= 4 is 17.0 Å². The fraction of sp³-hybridized carbons (Fsp3) is 0.588. The van der Waals surface area contributed by atoms with E-state index in [4.69, 9.17) is 20.3 Å². The Morgan fingerprint density at radius 2 is 1.81 bits per heavy atom. The van der Waals surface area contributed by atoms with Crippen LogP contribution in [-0.2, 0) is 9.47 Å². The van der Waals surface area contributed by atoms with E-state index in [0.717, 1.165) is 11.8 Å². The van der Waals surface area contributed by atoms with E-state index in [1.165, 1.54) is 23.6 Å². The van der Waals surface area contributed by atoms with Gasteiger partial charge in [0.05, 0.1) is 25.1 Å². The number of aliphatic hydroxyl groups is 3. The minimum atomic E-state index is -1.19. The number of fused-ring (bicyclic) bond motifs is 6. The maximum atomic E-state index is 9.95. The monoisotopic (exact) mass is 375 g/mol. The fourth-order valence-electron chi connectivity index (χ4n) is 4.24. The summed E-state index contributed by atoms with van der Waals surface area (Å²) in [5, 5.41) is 28.7. The summed E-state index contributed by atoms with van der Waals surface area (Å²) in [6, 6.07) is 0. The molecule has 2 aromatic rings. The summed E-state index contributed by atoms with van der Waals surface area (Å²) in [4.78, 5) is 11.9. The summed E-state index contributed by atoms with van der Waals surface area (Å²) in [7, 11) is 0. The number of nitrogens with zero attached hydrogens (tertiary/aromatic N) is 4. The predicted molar refractivity (Wildman–Crippen MR) is 92.1 cm³/mol. The molecule has 5 N–H and O–H groups in total. The first-order valence-electron chi connectivity index (χ1n) is 8.97. The molecule has 4 aliphatic rings. The van der Waals surface area contributed by atoms with Crippen LogP contribution in [0, 0.1) is 11.8 Å². The lowest BCUT2D eigenvalue weighted by Gasteiger charge is -2.16. The molecule has 1 saturated carbocycles. The summed E-state index contributed by atoms with van der Waals surface area (Å²) >= 11 is 0. The lowest BCUT2D eigenvalue weighted by atomic mass is 10.1. The second-order valence-electron chi connectivity index (χ2n) is 7.33. The Morgan fingerprint density at radius 1 is 1.07 bits per heavy atom. The van der Waals surface area contributed by atoms with Crippen molar-refractivity contribution in [1.29, 1.82) is 0 Å². The van der Waals surface area contributed by atoms with Crippen LogP contribution in [-0.4, -0.2) is 72.0 Å². The number of rotatable bonds is 2. The second-order valence-corrected chi connectivity index (χ2v) is 7.33. The Balaban J connectivity index is 0.000000163. The van der Waals surface area contributed by atoms with Crippen LogP contribution in [0.3, 0.4) is 0 Å². The minimum absolute atomic E-state index is 0.218. The minimum Gasteiger partial charge on any atom is -0.394 e. The molecule has 10 nitrogen and oxygen atoms in total. The summed E-state index contributed by atoms with van der Waals surface area (Å²) in [5.74, 6) is 1.84. The highest BCUT2D eigenvalue weighted by atomic mass is 16.6. The zero-order chi connectivity index (χ0) is 18.7. The molecule has 8 atom stereocenters. The van der Waals surface area contributed by atoms with Gasteiger partial charge in [0.2, 0.25) is 0 Å². The van der Waals surface area contributed by atoms with Gasteiger partial charge in [0, 0.05) is 11.8 Å². The van der Waals surface area contributed by atoms with Crippen molar-refractivity contribution in [1.82, 2.24) is 19.5 Å². The van der Waals surface area contributed by atoms with Crippen LogP contribution in [0.4, 0.5) is 5.82 Å². The first-order chi connectivity index (χ1) is 13.1. The molecule has 2 saturated heterocycles. The first kappa shape index (κ1) is 17.0. The van der Waals surface area contributed by atoms with Crippen molar-refractivity contribution in [3.05, 3.63) is 24.8 Å². The first-order valence-corrected chi connectivity index (χ1v) is 8.97. The molecule has 10 heteroatoms. The average Bonchev–Trinajstić information content (AvgIpc) is 2.99. The van der Waals surface area contributed by atoms with Gasteiger partial charge >= 0.3 is 0 Å². The average molecular weight is 375 g/mol. The van der Waals surface area contributed by atoms with Crippen LogP contribution in [0.2, 0.25) is 0 Å². The summed E-state index contributed by atoms with van der Waals surface area (Å²) < 4.78 is 12.2. The normalized spacial score (nSPS) is 40.9. The molecule has 2 bridgehead atoms. The Bertz CT molecular complexity index is 872. The fourth-order valence-corrected chi connectivity index (χ4v) is 4.24. The third kappa shape index (κ3) is 2.64. The summed E-state index contributed by atoms with van der Waals surface area (Å²) in [6.45, 7) is -0.390. The standard InChI is InChI=1S/C10H13N5O4.C7H8O/c11-8-5-9(13-2-12-8)15(3-14-5)10-7(18)6(17)4(1-16)19-10;1-2-5-3-4(1)6-7(5)8-6/h2-4,6-7,10,16-18H,1H2,(H2,11,12,13);1-2,4-7H,3H2/t4-,6-,7-,10-;/m1./s1. The van der Waals surface area contributed by atoms with Crippen molar-refractivity contribution in [3.8, 4) is 0 Å². The number of ether oxygens (including phenoxy) is 2. The van der Waals surface area contributed by atoms with E-state index in [1.54, 1.807) is 0 Å². The Morgan fingerprint density at radius 3 is 2.41 bits per heavy atom. The molecule has 0 spiro atoms. The lowest BCUT2D eigenvalue weighted by Crippen LogP contribution is -2.33. The zero-order valence-corrected chi connectivity index (χ0v) is 14.4. The predicted octanol–water partition coefficient (Wildman–Crippen LogP) is -1.02. The van der Waals surface area contributed by atoms with E-state index < -0.39 is 31.1 Å². The van der Waals surface area contributed by atoms with Crippen LogP contribution < -0.4 is 5.73 Å². The Hall–Kier alpha value is -2.11. The number of epoxide rings is 1. The molecule has 4 unspecified atom stereocenters. The van der Waals surface area contributed by atoms with Crippen LogP contribution in [0.5, 0.6) is 0 Å². The number of aromatic nitrogens is 4. The molecule has 0 amide bonds. The van der Waals surface area contributed by atoms with Crippen LogP contribution in [0.15, 0.2) is 24.8 Å². The van der Waals surface area contributed by atoms with Crippen molar-refractivity contribution in [2.24, 2.45) is 11.8 Å². The molecule has 0 radical (unpaired) electrons. The van der Waals surface area contributed by atoms with E-state index in [-0.39, 0.29) is 5.82 Å². The number of nitrogen functional groups attached to an aromatic ring is 1. The van der Waals surface area contributed by atoms with E-state index in [1.807, 2.05) is 0 Å². The molecule has 0 aromatic carbocycles. The molecule has 27 heavy (non-hydrogen) atoms. The van der Waals surface area contributed by atoms with Crippen molar-refractivity contribution in [2.75, 3.05) is 12.3 Å². The number of aliphatic hydroxyl groups excluding tert-OH is 3. The SMILES string of the molecule is C1=CC2CC1C1OC21.Nc1ncnc2c1ncn2[C@@H]1O[C@H](CO)[C@@H](O)[C@H]1O. The highest BCUT2D eigenvalue weighted by Crippen LogP contribution is 2.52. The maximum Gasteiger partial charge on any atom is 0.167 e. The molecule has 144 valence electrons. The van der Waals surface area contributed by atoms with E-state index in [2.05, 4.69) is 27.1 Å². The van der Waals surface area contributed by atoms with E-state index in [9.17, 15) is 10.2 Å². The molecule has 4 heterocycles. The number of nitrogens with two attached hydrogens (primary N) is 1. The van der Waals surface area contributed by atoms with Gasteiger partial charge in [0.1, 0.15) is 30.2 Å². The van der Waals surface area contributed by atoms with Gasteiger partial charge < -0.3 is 30.5 Å². The second kappa shape index (κ2) is 6.21. The van der Waals surface area contributed by atoms with Crippen LogP contribution >= 0.6 is 0 Å². The number of hydrogen-bond donors (Lipinski definition) is 4. The van der Waals surface area contributed by atoms with Crippen molar-refractivity contribution in [3.63, 3.8) is 0 Å². The van der Waals surface area contributed by atoms with Crippen LogP contribution in [0.25, 0.3) is 11.2 Å². The van der Waals surface area contributed by atoms with Gasteiger partial charge in [-0.05, 0) is 6.42 Å². The molecular formula is C17H21N5O5. The van der Waals surface area contributed by atoms with Crippen molar-refractivity contribution < 1.29 is 24.8 Å². The maximum absolute atomic E-state index is 9.95. The van der Waals surface area contributed by atoms with Gasteiger partial charge in [-0.1, -0.05) is 12.2 Å². The molecule has 6 rings (SSSR count). The molecule has 2 aromatic heterocycles. The lowest BCUT2D eigenvalue weighted by molar-refractivity contribution is -0.0511. The number of hydrogen-bond acceptors (Lipinski definition) is 9. The van der Waals surface area contributed by atoms with E-state index >= 15 is 0 Å². The zero-order valence-electron chi connectivity index (χ0n) is 14.4. The van der Waals surface area contributed by atoms with Gasteiger partial charge in [-0.25, -0.2) is 15.0 Å². The highest BCUT2D eigenvalue weighted by molar-refractivity contribution is 5.81. The van der Waals surface area contributed by atoms with Crippen LogP contribution in [0.1, 0.15) is 12.6 Å². The summed E-state index contributed by atoms with van der Waals surface area (Å²) in [6.07, 6.45) is 5.91. The summed E-state index contributed by atoms with van der Waals surface area (Å²) in [5.41, 5.74) is 6.44. The highest BCUT2D eigenvalue weighted by Gasteiger charge is 2.57. The van der Waals surface area contributed by atoms with Gasteiger partial charge in [-0.2, -0.15) is 0 Å². The Kier molecular flexibility index (Phi) is 3.92. The smallest absolute Gasteiger partial charge is 0.167 e. The molecule has 2 aliphatic heterocycles. The quantitative estimate of drug-likeness (QED) is 0.382. The Labute approximate surface area is 154 Å². The third-order valence-corrected chi connectivity index (χ3v) is 5.73. The molecule has 3 fully saturated rings. The van der Waals surface area contributed by atoms with E-state index in [0.29, 0.717) is 23.4 Å². The van der Waals surface area contributed by atoms with Gasteiger partial charge in [0.15, 0.2) is 17.7 Å². The largest absolute Gasteiger partial charge is 0.394 e. The topological polar surface area (TPSA) is 152 Å². The van der Waals surface area contributed by atoms with Gasteiger partial charge in [-0.3, -0.25) is 4.57 Å². The number of anilines is 1. The molecule has 2 aliphatic carbocycles. The molecular weight excluding hydrogens is 354 g/mol. The number of imidazole rings is 1.